The van der Waals surface area contributed by atoms with E-state index in [2.05, 4.69) is 0 Å². The summed E-state index contributed by atoms with van der Waals surface area (Å²) in [5.74, 6) is -0.251. The van der Waals surface area contributed by atoms with Gasteiger partial charge in [-0.3, -0.25) is 9.59 Å². The van der Waals surface area contributed by atoms with Gasteiger partial charge in [-0.15, -0.1) is 0 Å². The Morgan fingerprint density at radius 2 is 1.54 bits per heavy atom. The zero-order valence-corrected chi connectivity index (χ0v) is 8.96. The molecule has 0 spiro atoms. The van der Waals surface area contributed by atoms with Crippen LogP contribution in [-0.4, -0.2) is 17.9 Å². The Morgan fingerprint density at radius 1 is 1.08 bits per heavy atom. The first-order chi connectivity index (χ1) is 5.86. The number of rotatable bonds is 4. The van der Waals surface area contributed by atoms with E-state index in [0.29, 0.717) is 0 Å². The predicted molar refractivity (Wildman–Crippen MR) is 50.2 cm³/mol. The molecule has 76 valence electrons. The third-order valence-corrected chi connectivity index (χ3v) is 2.05. The van der Waals surface area contributed by atoms with Gasteiger partial charge in [0.25, 0.3) is 0 Å². The second kappa shape index (κ2) is 5.00. The lowest BCUT2D eigenvalue weighted by molar-refractivity contribution is -0.150. The lowest BCUT2D eigenvalue weighted by Gasteiger charge is -2.24. The maximum absolute atomic E-state index is 11.2. The number of esters is 1. The van der Waals surface area contributed by atoms with Crippen LogP contribution < -0.4 is 0 Å². The van der Waals surface area contributed by atoms with Crippen LogP contribution in [0.2, 0.25) is 0 Å². The van der Waals surface area contributed by atoms with Gasteiger partial charge in [0.15, 0.2) is 0 Å². The normalized spacial score (nSPS) is 15.2. The second-order valence-electron chi connectivity index (χ2n) is 3.70. The standard InChI is InChI=1S/C10H18O3/c1-6(2)10(7(3)11)8(4)13-9(5)12/h6,8,10H,1-5H3. The molecule has 0 heterocycles. The number of ether oxygens (including phenoxy) is 1. The highest BCUT2D eigenvalue weighted by molar-refractivity contribution is 5.79. The maximum atomic E-state index is 11.2. The van der Waals surface area contributed by atoms with Crippen molar-refractivity contribution in [2.75, 3.05) is 0 Å². The van der Waals surface area contributed by atoms with E-state index in [1.807, 2.05) is 13.8 Å². The van der Waals surface area contributed by atoms with E-state index in [1.165, 1.54) is 13.8 Å². The highest BCUT2D eigenvalue weighted by Gasteiger charge is 2.27. The van der Waals surface area contributed by atoms with Gasteiger partial charge in [0.1, 0.15) is 11.9 Å². The molecule has 0 aliphatic heterocycles. The van der Waals surface area contributed by atoms with Crippen molar-refractivity contribution in [3.8, 4) is 0 Å². The third-order valence-electron chi connectivity index (χ3n) is 2.05. The lowest BCUT2D eigenvalue weighted by Crippen LogP contribution is -2.32. The minimum absolute atomic E-state index is 0.0729. The molecule has 0 fully saturated rings. The molecule has 0 rings (SSSR count). The van der Waals surface area contributed by atoms with Crippen LogP contribution in [-0.2, 0) is 14.3 Å². The molecule has 0 saturated carbocycles. The Morgan fingerprint density at radius 3 is 1.77 bits per heavy atom. The van der Waals surface area contributed by atoms with E-state index in [4.69, 9.17) is 4.74 Å². The van der Waals surface area contributed by atoms with E-state index < -0.39 is 0 Å². The van der Waals surface area contributed by atoms with Crippen molar-refractivity contribution in [3.05, 3.63) is 0 Å². The molecule has 0 aromatic carbocycles. The first-order valence-corrected chi connectivity index (χ1v) is 4.54. The summed E-state index contributed by atoms with van der Waals surface area (Å²) in [5, 5.41) is 0. The molecular weight excluding hydrogens is 168 g/mol. The fourth-order valence-electron chi connectivity index (χ4n) is 1.68. The van der Waals surface area contributed by atoms with Gasteiger partial charge in [-0.05, 0) is 19.8 Å². The smallest absolute Gasteiger partial charge is 0.302 e. The van der Waals surface area contributed by atoms with Crippen LogP contribution in [0.25, 0.3) is 0 Å². The average molecular weight is 186 g/mol. The molecular formula is C10H18O3. The number of Topliss-reactive ketones (excluding diaryl/α,β-unsaturated/α-hetero) is 1. The van der Waals surface area contributed by atoms with Gasteiger partial charge in [-0.25, -0.2) is 0 Å². The second-order valence-corrected chi connectivity index (χ2v) is 3.70. The first kappa shape index (κ1) is 12.1. The number of carbonyl (C=O) groups is 2. The molecule has 0 bridgehead atoms. The van der Waals surface area contributed by atoms with Crippen molar-refractivity contribution >= 4 is 11.8 Å². The molecule has 13 heavy (non-hydrogen) atoms. The van der Waals surface area contributed by atoms with Gasteiger partial charge < -0.3 is 4.74 Å². The van der Waals surface area contributed by atoms with Crippen LogP contribution in [0.15, 0.2) is 0 Å². The van der Waals surface area contributed by atoms with Gasteiger partial charge in [0.05, 0.1) is 5.92 Å². The van der Waals surface area contributed by atoms with Crippen LogP contribution >= 0.6 is 0 Å². The van der Waals surface area contributed by atoms with E-state index in [1.54, 1.807) is 6.92 Å². The summed E-state index contributed by atoms with van der Waals surface area (Å²) in [7, 11) is 0. The number of ketones is 1. The van der Waals surface area contributed by atoms with Gasteiger partial charge in [0, 0.05) is 6.92 Å². The summed E-state index contributed by atoms with van der Waals surface area (Å²) in [4.78, 5) is 21.9. The van der Waals surface area contributed by atoms with Crippen molar-refractivity contribution in [2.45, 2.75) is 40.7 Å². The molecule has 0 radical (unpaired) electrons. The van der Waals surface area contributed by atoms with Gasteiger partial charge in [0.2, 0.25) is 0 Å². The average Bonchev–Trinajstić information content (AvgIpc) is 1.81. The highest BCUT2D eigenvalue weighted by atomic mass is 16.5. The molecule has 0 aromatic rings. The molecule has 0 aliphatic carbocycles. The Bertz CT molecular complexity index is 196. The van der Waals surface area contributed by atoms with Crippen molar-refractivity contribution < 1.29 is 14.3 Å². The Hall–Kier alpha value is -0.860. The molecule has 2 unspecified atom stereocenters. The molecule has 0 N–H and O–H groups in total. The number of carbonyl (C=O) groups excluding carboxylic acids is 2. The van der Waals surface area contributed by atoms with Crippen LogP contribution in [0.1, 0.15) is 34.6 Å². The Labute approximate surface area is 79.5 Å². The predicted octanol–water partition coefficient (Wildman–Crippen LogP) is 1.80. The summed E-state index contributed by atoms with van der Waals surface area (Å²) in [6, 6.07) is 0. The first-order valence-electron chi connectivity index (χ1n) is 4.54. The van der Waals surface area contributed by atoms with E-state index in [0.717, 1.165) is 0 Å². The minimum atomic E-state index is -0.334. The summed E-state index contributed by atoms with van der Waals surface area (Å²) in [5.41, 5.74) is 0. The van der Waals surface area contributed by atoms with Crippen molar-refractivity contribution in [2.24, 2.45) is 11.8 Å². The zero-order chi connectivity index (χ0) is 10.6. The van der Waals surface area contributed by atoms with E-state index >= 15 is 0 Å². The van der Waals surface area contributed by atoms with Crippen LogP contribution in [0.3, 0.4) is 0 Å². The van der Waals surface area contributed by atoms with E-state index in [9.17, 15) is 9.59 Å². The van der Waals surface area contributed by atoms with Gasteiger partial charge >= 0.3 is 5.97 Å². The topological polar surface area (TPSA) is 43.4 Å². The molecule has 3 nitrogen and oxygen atoms in total. The SMILES string of the molecule is CC(=O)OC(C)C(C(C)=O)C(C)C. The Balaban J connectivity index is 4.37. The van der Waals surface area contributed by atoms with Gasteiger partial charge in [-0.1, -0.05) is 13.8 Å². The fourth-order valence-corrected chi connectivity index (χ4v) is 1.68. The van der Waals surface area contributed by atoms with Crippen LogP contribution in [0.5, 0.6) is 0 Å². The van der Waals surface area contributed by atoms with Gasteiger partial charge in [-0.2, -0.15) is 0 Å². The molecule has 0 aliphatic rings. The summed E-state index contributed by atoms with van der Waals surface area (Å²) in [6.07, 6.45) is -0.324. The molecule has 3 heteroatoms. The summed E-state index contributed by atoms with van der Waals surface area (Å²) in [6.45, 7) is 8.55. The largest absolute Gasteiger partial charge is 0.462 e. The highest BCUT2D eigenvalue weighted by Crippen LogP contribution is 2.19. The molecule has 0 saturated heterocycles. The summed E-state index contributed by atoms with van der Waals surface area (Å²) >= 11 is 0. The van der Waals surface area contributed by atoms with Crippen molar-refractivity contribution in [3.63, 3.8) is 0 Å². The third kappa shape index (κ3) is 4.06. The quantitative estimate of drug-likeness (QED) is 0.629. The van der Waals surface area contributed by atoms with Crippen LogP contribution in [0, 0.1) is 11.8 Å². The summed E-state index contributed by atoms with van der Waals surface area (Å²) < 4.78 is 4.98. The molecule has 2 atom stereocenters. The van der Waals surface area contributed by atoms with Crippen molar-refractivity contribution in [1.29, 1.82) is 0 Å². The van der Waals surface area contributed by atoms with E-state index in [-0.39, 0.29) is 29.7 Å². The van der Waals surface area contributed by atoms with Crippen molar-refractivity contribution in [1.82, 2.24) is 0 Å². The maximum Gasteiger partial charge on any atom is 0.302 e. The number of hydrogen-bond donors (Lipinski definition) is 0. The van der Waals surface area contributed by atoms with Crippen LogP contribution in [0.4, 0.5) is 0 Å². The zero-order valence-electron chi connectivity index (χ0n) is 8.96. The number of hydrogen-bond acceptors (Lipinski definition) is 3. The Kier molecular flexibility index (Phi) is 4.67. The minimum Gasteiger partial charge on any atom is -0.462 e. The molecule has 0 amide bonds. The lowest BCUT2D eigenvalue weighted by atomic mass is 9.88. The monoisotopic (exact) mass is 186 g/mol. The molecule has 0 aromatic heterocycles. The fraction of sp³-hybridized carbons (Fsp3) is 0.800.